The first-order valence-electron chi connectivity index (χ1n) is 5.68. The number of hydrogen-bond acceptors (Lipinski definition) is 3. The summed E-state index contributed by atoms with van der Waals surface area (Å²) in [6.45, 7) is 4.13. The Hall–Kier alpha value is -1.36. The van der Waals surface area contributed by atoms with E-state index in [1.165, 1.54) is 0 Å². The van der Waals surface area contributed by atoms with Crippen molar-refractivity contribution in [3.05, 3.63) is 18.0 Å². The SMILES string of the molecule is CCCN(CCCN)C(=O)c1ccn(C)n1. The van der Waals surface area contributed by atoms with Crippen molar-refractivity contribution in [3.63, 3.8) is 0 Å². The molecule has 0 spiro atoms. The first-order valence-corrected chi connectivity index (χ1v) is 5.68. The maximum atomic E-state index is 12.1. The molecule has 16 heavy (non-hydrogen) atoms. The molecule has 1 aromatic rings. The molecule has 5 heteroatoms. The zero-order valence-corrected chi connectivity index (χ0v) is 10.0. The van der Waals surface area contributed by atoms with Crippen molar-refractivity contribution < 1.29 is 4.79 Å². The van der Waals surface area contributed by atoms with Gasteiger partial charge in [-0.3, -0.25) is 9.48 Å². The largest absolute Gasteiger partial charge is 0.337 e. The van der Waals surface area contributed by atoms with Gasteiger partial charge in [-0.05, 0) is 25.5 Å². The van der Waals surface area contributed by atoms with Crippen LogP contribution < -0.4 is 5.73 Å². The molecule has 5 nitrogen and oxygen atoms in total. The van der Waals surface area contributed by atoms with Gasteiger partial charge in [0, 0.05) is 26.3 Å². The van der Waals surface area contributed by atoms with Crippen LogP contribution in [0.25, 0.3) is 0 Å². The molecule has 0 aliphatic rings. The predicted molar refractivity (Wildman–Crippen MR) is 63.1 cm³/mol. The topological polar surface area (TPSA) is 64.2 Å². The van der Waals surface area contributed by atoms with Gasteiger partial charge in [-0.25, -0.2) is 0 Å². The summed E-state index contributed by atoms with van der Waals surface area (Å²) in [7, 11) is 1.81. The highest BCUT2D eigenvalue weighted by molar-refractivity contribution is 5.92. The van der Waals surface area contributed by atoms with Crippen LogP contribution in [-0.2, 0) is 7.05 Å². The second-order valence-corrected chi connectivity index (χ2v) is 3.81. The second kappa shape index (κ2) is 6.27. The lowest BCUT2D eigenvalue weighted by Crippen LogP contribution is -2.34. The molecular weight excluding hydrogens is 204 g/mol. The third kappa shape index (κ3) is 3.34. The number of aryl methyl sites for hydroxylation is 1. The highest BCUT2D eigenvalue weighted by Crippen LogP contribution is 2.03. The number of carbonyl (C=O) groups excluding carboxylic acids is 1. The van der Waals surface area contributed by atoms with Gasteiger partial charge in [-0.2, -0.15) is 5.10 Å². The molecule has 0 fully saturated rings. The van der Waals surface area contributed by atoms with Crippen molar-refractivity contribution >= 4 is 5.91 Å². The molecule has 1 rings (SSSR count). The fourth-order valence-corrected chi connectivity index (χ4v) is 1.56. The molecular formula is C11H20N4O. The number of carbonyl (C=O) groups is 1. The quantitative estimate of drug-likeness (QED) is 0.770. The van der Waals surface area contributed by atoms with E-state index in [4.69, 9.17) is 5.73 Å². The average molecular weight is 224 g/mol. The molecule has 1 amide bonds. The van der Waals surface area contributed by atoms with E-state index >= 15 is 0 Å². The van der Waals surface area contributed by atoms with E-state index < -0.39 is 0 Å². The maximum absolute atomic E-state index is 12.1. The van der Waals surface area contributed by atoms with Gasteiger partial charge in [0.25, 0.3) is 5.91 Å². The van der Waals surface area contributed by atoms with Crippen LogP contribution in [0.1, 0.15) is 30.3 Å². The highest BCUT2D eigenvalue weighted by atomic mass is 16.2. The Morgan fingerprint density at radius 1 is 1.56 bits per heavy atom. The van der Waals surface area contributed by atoms with Crippen molar-refractivity contribution in [1.29, 1.82) is 0 Å². The zero-order chi connectivity index (χ0) is 12.0. The van der Waals surface area contributed by atoms with Crippen LogP contribution in [0.4, 0.5) is 0 Å². The van der Waals surface area contributed by atoms with E-state index in [2.05, 4.69) is 12.0 Å². The van der Waals surface area contributed by atoms with E-state index in [9.17, 15) is 4.79 Å². The monoisotopic (exact) mass is 224 g/mol. The number of rotatable bonds is 6. The molecule has 0 atom stereocenters. The zero-order valence-electron chi connectivity index (χ0n) is 10.0. The van der Waals surface area contributed by atoms with Gasteiger partial charge in [-0.1, -0.05) is 6.92 Å². The van der Waals surface area contributed by atoms with Crippen LogP contribution in [0.5, 0.6) is 0 Å². The number of amides is 1. The van der Waals surface area contributed by atoms with Crippen LogP contribution >= 0.6 is 0 Å². The molecule has 0 bridgehead atoms. The number of aromatic nitrogens is 2. The summed E-state index contributed by atoms with van der Waals surface area (Å²) in [4.78, 5) is 13.9. The summed E-state index contributed by atoms with van der Waals surface area (Å²) in [5.74, 6) is -0.00380. The first kappa shape index (κ1) is 12.7. The van der Waals surface area contributed by atoms with Gasteiger partial charge in [-0.15, -0.1) is 0 Å². The van der Waals surface area contributed by atoms with Crippen LogP contribution in [0, 0.1) is 0 Å². The van der Waals surface area contributed by atoms with E-state index in [-0.39, 0.29) is 5.91 Å². The molecule has 0 saturated heterocycles. The molecule has 1 aromatic heterocycles. The van der Waals surface area contributed by atoms with E-state index in [0.717, 1.165) is 19.4 Å². The minimum atomic E-state index is -0.00380. The van der Waals surface area contributed by atoms with Crippen molar-refractivity contribution in [2.45, 2.75) is 19.8 Å². The Kier molecular flexibility index (Phi) is 4.98. The number of hydrogen-bond donors (Lipinski definition) is 1. The summed E-state index contributed by atoms with van der Waals surface area (Å²) in [5.41, 5.74) is 5.97. The Bertz CT molecular complexity index is 334. The Morgan fingerprint density at radius 2 is 2.31 bits per heavy atom. The highest BCUT2D eigenvalue weighted by Gasteiger charge is 2.16. The van der Waals surface area contributed by atoms with E-state index in [0.29, 0.717) is 18.8 Å². The van der Waals surface area contributed by atoms with E-state index in [1.54, 1.807) is 24.0 Å². The summed E-state index contributed by atoms with van der Waals surface area (Å²) in [5, 5.41) is 4.12. The standard InChI is InChI=1S/C11H20N4O/c1-3-7-15(8-4-6-12)11(16)10-5-9-14(2)13-10/h5,9H,3-4,6-8,12H2,1-2H3. The van der Waals surface area contributed by atoms with Gasteiger partial charge < -0.3 is 10.6 Å². The first-order chi connectivity index (χ1) is 7.69. The lowest BCUT2D eigenvalue weighted by atomic mass is 10.3. The van der Waals surface area contributed by atoms with Crippen LogP contribution in [0.3, 0.4) is 0 Å². The second-order valence-electron chi connectivity index (χ2n) is 3.81. The molecule has 0 saturated carbocycles. The summed E-state index contributed by atoms with van der Waals surface area (Å²) in [6, 6.07) is 1.74. The number of nitrogens with two attached hydrogens (primary N) is 1. The van der Waals surface area contributed by atoms with Crippen molar-refractivity contribution in [2.75, 3.05) is 19.6 Å². The molecule has 2 N–H and O–H groups in total. The molecule has 0 aromatic carbocycles. The van der Waals surface area contributed by atoms with Gasteiger partial charge in [0.15, 0.2) is 0 Å². The lowest BCUT2D eigenvalue weighted by molar-refractivity contribution is 0.0748. The van der Waals surface area contributed by atoms with Gasteiger partial charge >= 0.3 is 0 Å². The molecule has 0 unspecified atom stereocenters. The van der Waals surface area contributed by atoms with Crippen molar-refractivity contribution in [3.8, 4) is 0 Å². The molecule has 90 valence electrons. The smallest absolute Gasteiger partial charge is 0.274 e. The van der Waals surface area contributed by atoms with Crippen LogP contribution in [0.2, 0.25) is 0 Å². The van der Waals surface area contributed by atoms with Crippen molar-refractivity contribution in [1.82, 2.24) is 14.7 Å². The number of nitrogens with zero attached hydrogens (tertiary/aromatic N) is 3. The maximum Gasteiger partial charge on any atom is 0.274 e. The molecule has 1 heterocycles. The van der Waals surface area contributed by atoms with Gasteiger partial charge in [0.2, 0.25) is 0 Å². The fourth-order valence-electron chi connectivity index (χ4n) is 1.56. The van der Waals surface area contributed by atoms with Gasteiger partial charge in [0.1, 0.15) is 5.69 Å². The minimum Gasteiger partial charge on any atom is -0.337 e. The summed E-state index contributed by atoms with van der Waals surface area (Å²) >= 11 is 0. The van der Waals surface area contributed by atoms with Crippen LogP contribution in [0.15, 0.2) is 12.3 Å². The van der Waals surface area contributed by atoms with Crippen LogP contribution in [-0.4, -0.2) is 40.2 Å². The Balaban J connectivity index is 2.66. The average Bonchev–Trinajstić information content (AvgIpc) is 2.70. The summed E-state index contributed by atoms with van der Waals surface area (Å²) in [6.07, 6.45) is 3.56. The lowest BCUT2D eigenvalue weighted by Gasteiger charge is -2.20. The predicted octanol–water partition coefficient (Wildman–Crippen LogP) is 0.621. The van der Waals surface area contributed by atoms with E-state index in [1.807, 2.05) is 4.90 Å². The van der Waals surface area contributed by atoms with Gasteiger partial charge in [0.05, 0.1) is 0 Å². The normalized spacial score (nSPS) is 10.4. The minimum absolute atomic E-state index is 0.00380. The Morgan fingerprint density at radius 3 is 2.81 bits per heavy atom. The fraction of sp³-hybridized carbons (Fsp3) is 0.636. The Labute approximate surface area is 96.2 Å². The summed E-state index contributed by atoms with van der Waals surface area (Å²) < 4.78 is 1.64. The molecule has 0 aliphatic carbocycles. The third-order valence-electron chi connectivity index (χ3n) is 2.35. The molecule has 0 aliphatic heterocycles. The van der Waals surface area contributed by atoms with Crippen molar-refractivity contribution in [2.24, 2.45) is 12.8 Å². The molecule has 0 radical (unpaired) electrons. The third-order valence-corrected chi connectivity index (χ3v) is 2.35.